The number of hydrogen-bond acceptors (Lipinski definition) is 3. The van der Waals surface area contributed by atoms with Gasteiger partial charge in [0.2, 0.25) is 5.91 Å². The molecule has 2 atom stereocenters. The number of nitrogens with zero attached hydrogens (tertiary/aromatic N) is 1. The second kappa shape index (κ2) is 5.27. The lowest BCUT2D eigenvalue weighted by atomic mass is 10.0. The average molecular weight is 272 g/mol. The van der Waals surface area contributed by atoms with Crippen LogP contribution in [-0.2, 0) is 4.79 Å². The van der Waals surface area contributed by atoms with Crippen molar-refractivity contribution in [3.63, 3.8) is 0 Å². The zero-order chi connectivity index (χ0) is 14.1. The van der Waals surface area contributed by atoms with Gasteiger partial charge < -0.3 is 10.5 Å². The summed E-state index contributed by atoms with van der Waals surface area (Å²) in [6.45, 7) is 1.74. The van der Waals surface area contributed by atoms with Crippen LogP contribution in [0.5, 0.6) is 0 Å². The van der Waals surface area contributed by atoms with E-state index in [-0.39, 0.29) is 11.8 Å². The third-order valence-electron chi connectivity index (χ3n) is 4.68. The van der Waals surface area contributed by atoms with Gasteiger partial charge >= 0.3 is 0 Å². The molecule has 1 aromatic carbocycles. The van der Waals surface area contributed by atoms with Crippen molar-refractivity contribution in [1.82, 2.24) is 0 Å². The Hall–Kier alpha value is -1.84. The molecule has 1 aromatic rings. The first-order valence-corrected chi connectivity index (χ1v) is 7.30. The van der Waals surface area contributed by atoms with Crippen molar-refractivity contribution >= 4 is 17.3 Å². The van der Waals surface area contributed by atoms with E-state index >= 15 is 0 Å². The van der Waals surface area contributed by atoms with Crippen molar-refractivity contribution in [1.29, 1.82) is 0 Å². The highest BCUT2D eigenvalue weighted by atomic mass is 16.4. The Labute approximate surface area is 118 Å². The van der Waals surface area contributed by atoms with Gasteiger partial charge in [-0.05, 0) is 49.3 Å². The van der Waals surface area contributed by atoms with Gasteiger partial charge in [-0.25, -0.2) is 0 Å². The van der Waals surface area contributed by atoms with Gasteiger partial charge in [-0.3, -0.25) is 4.79 Å². The highest BCUT2D eigenvalue weighted by molar-refractivity contribution is 5.99. The number of rotatable bonds is 3. The van der Waals surface area contributed by atoms with E-state index in [1.54, 1.807) is 6.92 Å². The molecule has 0 aromatic heterocycles. The summed E-state index contributed by atoms with van der Waals surface area (Å²) in [5, 5.41) is 14.9. The standard InChI is InChI=1S/C16H20N2O2/c1-10(18-20)11-6-8-12(9-7-11)17-16(19)15-13-4-2-3-5-14(13)15/h6-9,13-15,20H,2-5H2,1H3,(H,17,19)/b18-10-. The van der Waals surface area contributed by atoms with Crippen LogP contribution >= 0.6 is 0 Å². The molecular formula is C16H20N2O2. The second-order valence-corrected chi connectivity index (χ2v) is 5.89. The van der Waals surface area contributed by atoms with Crippen LogP contribution in [0.4, 0.5) is 5.69 Å². The topological polar surface area (TPSA) is 61.7 Å². The maximum atomic E-state index is 12.2. The van der Waals surface area contributed by atoms with E-state index < -0.39 is 0 Å². The van der Waals surface area contributed by atoms with Crippen LogP contribution in [0.15, 0.2) is 29.4 Å². The predicted molar refractivity (Wildman–Crippen MR) is 78.0 cm³/mol. The quantitative estimate of drug-likeness (QED) is 0.504. The highest BCUT2D eigenvalue weighted by Crippen LogP contribution is 2.55. The Morgan fingerprint density at radius 1 is 1.20 bits per heavy atom. The minimum atomic E-state index is 0.169. The fourth-order valence-corrected chi connectivity index (χ4v) is 3.46. The first-order valence-electron chi connectivity index (χ1n) is 7.30. The zero-order valence-corrected chi connectivity index (χ0v) is 11.7. The third kappa shape index (κ3) is 2.42. The lowest BCUT2D eigenvalue weighted by molar-refractivity contribution is -0.117. The molecule has 2 aliphatic carbocycles. The summed E-state index contributed by atoms with van der Waals surface area (Å²) in [7, 11) is 0. The molecule has 4 nitrogen and oxygen atoms in total. The molecule has 2 fully saturated rings. The Balaban J connectivity index is 1.62. The van der Waals surface area contributed by atoms with Crippen molar-refractivity contribution in [2.24, 2.45) is 22.9 Å². The van der Waals surface area contributed by atoms with Crippen molar-refractivity contribution in [2.45, 2.75) is 32.6 Å². The van der Waals surface area contributed by atoms with Crippen molar-refractivity contribution in [3.05, 3.63) is 29.8 Å². The first-order chi connectivity index (χ1) is 9.70. The fourth-order valence-electron chi connectivity index (χ4n) is 3.46. The van der Waals surface area contributed by atoms with E-state index in [9.17, 15) is 4.79 Å². The molecular weight excluding hydrogens is 252 g/mol. The number of nitrogens with one attached hydrogen (secondary N) is 1. The van der Waals surface area contributed by atoms with Crippen LogP contribution in [0.2, 0.25) is 0 Å². The van der Waals surface area contributed by atoms with Gasteiger partial charge in [0.15, 0.2) is 0 Å². The number of amides is 1. The summed E-state index contributed by atoms with van der Waals surface area (Å²) < 4.78 is 0. The molecule has 0 saturated heterocycles. The number of anilines is 1. The molecule has 4 heteroatoms. The second-order valence-electron chi connectivity index (χ2n) is 5.89. The van der Waals surface area contributed by atoms with Crippen molar-refractivity contribution in [2.75, 3.05) is 5.32 Å². The lowest BCUT2D eigenvalue weighted by Gasteiger charge is -2.06. The largest absolute Gasteiger partial charge is 0.411 e. The molecule has 1 amide bonds. The van der Waals surface area contributed by atoms with Gasteiger partial charge in [0, 0.05) is 11.6 Å². The van der Waals surface area contributed by atoms with Gasteiger partial charge in [-0.2, -0.15) is 0 Å². The van der Waals surface area contributed by atoms with Crippen molar-refractivity contribution < 1.29 is 10.0 Å². The zero-order valence-electron chi connectivity index (χ0n) is 11.7. The van der Waals surface area contributed by atoms with Gasteiger partial charge in [0.1, 0.15) is 0 Å². The number of carbonyl (C=O) groups is 1. The molecule has 2 N–H and O–H groups in total. The SMILES string of the molecule is C/C(=N/O)c1ccc(NC(=O)C2C3CCCCC32)cc1. The molecule has 20 heavy (non-hydrogen) atoms. The van der Waals surface area contributed by atoms with Gasteiger partial charge in [-0.15, -0.1) is 0 Å². The van der Waals surface area contributed by atoms with E-state index in [4.69, 9.17) is 5.21 Å². The molecule has 0 spiro atoms. The van der Waals surface area contributed by atoms with Crippen LogP contribution < -0.4 is 5.32 Å². The number of benzene rings is 1. The van der Waals surface area contributed by atoms with E-state index in [1.807, 2.05) is 24.3 Å². The average Bonchev–Trinajstić information content (AvgIpc) is 3.21. The van der Waals surface area contributed by atoms with E-state index in [1.165, 1.54) is 25.7 Å². The summed E-state index contributed by atoms with van der Waals surface area (Å²) in [5.74, 6) is 1.67. The summed E-state index contributed by atoms with van der Waals surface area (Å²) in [5.41, 5.74) is 2.23. The predicted octanol–water partition coefficient (Wildman–Crippen LogP) is 3.26. The molecule has 106 valence electrons. The van der Waals surface area contributed by atoms with Gasteiger partial charge in [-0.1, -0.05) is 30.1 Å². The van der Waals surface area contributed by atoms with Crippen LogP contribution in [0, 0.1) is 17.8 Å². The minimum Gasteiger partial charge on any atom is -0.411 e. The van der Waals surface area contributed by atoms with Crippen LogP contribution in [0.3, 0.4) is 0 Å². The third-order valence-corrected chi connectivity index (χ3v) is 4.68. The molecule has 2 saturated carbocycles. The van der Waals surface area contributed by atoms with E-state index in [0.29, 0.717) is 17.5 Å². The number of hydrogen-bond donors (Lipinski definition) is 2. The van der Waals surface area contributed by atoms with Crippen molar-refractivity contribution in [3.8, 4) is 0 Å². The highest BCUT2D eigenvalue weighted by Gasteiger charge is 2.54. The van der Waals surface area contributed by atoms with Crippen LogP contribution in [-0.4, -0.2) is 16.8 Å². The molecule has 0 radical (unpaired) electrons. The molecule has 0 bridgehead atoms. The Morgan fingerprint density at radius 3 is 2.35 bits per heavy atom. The Morgan fingerprint density at radius 2 is 1.80 bits per heavy atom. The van der Waals surface area contributed by atoms with E-state index in [2.05, 4.69) is 10.5 Å². The van der Waals surface area contributed by atoms with Gasteiger partial charge in [0.25, 0.3) is 0 Å². The molecule has 3 rings (SSSR count). The Bertz CT molecular complexity index is 524. The lowest BCUT2D eigenvalue weighted by Crippen LogP contribution is -2.15. The fraction of sp³-hybridized carbons (Fsp3) is 0.500. The number of fused-ring (bicyclic) bond motifs is 1. The maximum absolute atomic E-state index is 12.2. The first kappa shape index (κ1) is 13.2. The number of carbonyl (C=O) groups excluding carboxylic acids is 1. The number of oxime groups is 1. The Kier molecular flexibility index (Phi) is 3.47. The summed E-state index contributed by atoms with van der Waals surface area (Å²) in [6, 6.07) is 7.41. The molecule has 0 heterocycles. The molecule has 2 unspecified atom stereocenters. The normalized spacial score (nSPS) is 28.6. The summed E-state index contributed by atoms with van der Waals surface area (Å²) in [6.07, 6.45) is 4.99. The summed E-state index contributed by atoms with van der Waals surface area (Å²) in [4.78, 5) is 12.2. The summed E-state index contributed by atoms with van der Waals surface area (Å²) >= 11 is 0. The van der Waals surface area contributed by atoms with Crippen LogP contribution in [0.25, 0.3) is 0 Å². The smallest absolute Gasteiger partial charge is 0.228 e. The maximum Gasteiger partial charge on any atom is 0.228 e. The minimum absolute atomic E-state index is 0.169. The van der Waals surface area contributed by atoms with Gasteiger partial charge in [0.05, 0.1) is 5.71 Å². The van der Waals surface area contributed by atoms with Crippen LogP contribution in [0.1, 0.15) is 38.2 Å². The monoisotopic (exact) mass is 272 g/mol. The molecule has 2 aliphatic rings. The molecule has 0 aliphatic heterocycles. The van der Waals surface area contributed by atoms with E-state index in [0.717, 1.165) is 11.3 Å².